The van der Waals surface area contributed by atoms with Crippen molar-refractivity contribution in [3.63, 3.8) is 0 Å². The van der Waals surface area contributed by atoms with Crippen LogP contribution >= 0.6 is 0 Å². The molecule has 1 aromatic heterocycles. The lowest BCUT2D eigenvalue weighted by Gasteiger charge is -2.00. The second kappa shape index (κ2) is 2.24. The monoisotopic (exact) mass is 147 g/mol. The van der Waals surface area contributed by atoms with Crippen molar-refractivity contribution in [1.29, 1.82) is 0 Å². The first-order valence-corrected chi connectivity index (χ1v) is 2.37. The highest BCUT2D eigenvalue weighted by Crippen LogP contribution is 2.25. The SMILES string of the molecule is FC(F)(F)c1[c]ccnn1. The minimum absolute atomic E-state index is 1.07. The molecule has 0 saturated carbocycles. The molecule has 1 aromatic rings. The van der Waals surface area contributed by atoms with Crippen LogP contribution < -0.4 is 0 Å². The molecule has 1 radical (unpaired) electrons. The third-order valence-electron chi connectivity index (χ3n) is 0.787. The first kappa shape index (κ1) is 6.98. The number of rotatable bonds is 0. The third kappa shape index (κ3) is 1.43. The zero-order chi connectivity index (χ0) is 7.61. The number of alkyl halides is 3. The second-order valence-corrected chi connectivity index (χ2v) is 1.52. The maximum atomic E-state index is 11.7. The molecular weight excluding hydrogens is 145 g/mol. The summed E-state index contributed by atoms with van der Waals surface area (Å²) in [5.74, 6) is 0. The molecular formula is C5H2F3N2. The van der Waals surface area contributed by atoms with E-state index in [1.807, 2.05) is 6.07 Å². The Balaban J connectivity index is 2.97. The fourth-order valence-corrected chi connectivity index (χ4v) is 0.408. The van der Waals surface area contributed by atoms with Crippen LogP contribution in [-0.2, 0) is 6.18 Å². The van der Waals surface area contributed by atoms with E-state index in [1.54, 1.807) is 0 Å². The summed E-state index contributed by atoms with van der Waals surface area (Å²) < 4.78 is 35.0. The van der Waals surface area contributed by atoms with Gasteiger partial charge in [-0.1, -0.05) is 0 Å². The van der Waals surface area contributed by atoms with Crippen LogP contribution in [0.15, 0.2) is 12.3 Å². The van der Waals surface area contributed by atoms with Gasteiger partial charge in [0.1, 0.15) is 0 Å². The first-order valence-electron chi connectivity index (χ1n) is 2.37. The van der Waals surface area contributed by atoms with E-state index in [0.29, 0.717) is 0 Å². The molecule has 0 aliphatic heterocycles. The molecule has 0 atom stereocenters. The van der Waals surface area contributed by atoms with E-state index in [2.05, 4.69) is 10.2 Å². The molecule has 0 amide bonds. The average molecular weight is 147 g/mol. The minimum Gasteiger partial charge on any atom is -0.164 e. The Kier molecular flexibility index (Phi) is 1.57. The Morgan fingerprint density at radius 3 is 2.40 bits per heavy atom. The zero-order valence-electron chi connectivity index (χ0n) is 4.68. The molecule has 0 N–H and O–H groups in total. The van der Waals surface area contributed by atoms with E-state index in [-0.39, 0.29) is 0 Å². The number of hydrogen-bond donors (Lipinski definition) is 0. The van der Waals surface area contributed by atoms with E-state index in [4.69, 9.17) is 0 Å². The lowest BCUT2D eigenvalue weighted by Crippen LogP contribution is -2.08. The predicted molar refractivity (Wildman–Crippen MR) is 25.9 cm³/mol. The largest absolute Gasteiger partial charge is 0.435 e. The summed E-state index contributed by atoms with van der Waals surface area (Å²) in [4.78, 5) is 0. The molecule has 0 aromatic carbocycles. The van der Waals surface area contributed by atoms with Gasteiger partial charge >= 0.3 is 6.18 Å². The Bertz CT molecular complexity index is 206. The Morgan fingerprint density at radius 1 is 1.40 bits per heavy atom. The van der Waals surface area contributed by atoms with Gasteiger partial charge in [0.15, 0.2) is 5.69 Å². The van der Waals surface area contributed by atoms with E-state index in [9.17, 15) is 13.2 Å². The molecule has 5 heteroatoms. The summed E-state index contributed by atoms with van der Waals surface area (Å²) in [6.07, 6.45) is -3.30. The summed E-state index contributed by atoms with van der Waals surface area (Å²) in [5.41, 5.74) is -1.09. The molecule has 0 fully saturated rings. The van der Waals surface area contributed by atoms with Gasteiger partial charge in [-0.3, -0.25) is 0 Å². The van der Waals surface area contributed by atoms with Crippen LogP contribution in [0.25, 0.3) is 0 Å². The molecule has 0 aliphatic carbocycles. The van der Waals surface area contributed by atoms with E-state index in [0.717, 1.165) is 12.3 Å². The normalized spacial score (nSPS) is 11.5. The quantitative estimate of drug-likeness (QED) is 0.552. The molecule has 2 nitrogen and oxygen atoms in total. The average Bonchev–Trinajstić information content (AvgIpc) is 1.88. The summed E-state index contributed by atoms with van der Waals surface area (Å²) >= 11 is 0. The van der Waals surface area contributed by atoms with Gasteiger partial charge in [-0.25, -0.2) is 0 Å². The van der Waals surface area contributed by atoms with Gasteiger partial charge in [0.2, 0.25) is 0 Å². The van der Waals surface area contributed by atoms with Crippen molar-refractivity contribution >= 4 is 0 Å². The molecule has 0 bridgehead atoms. The van der Waals surface area contributed by atoms with E-state index < -0.39 is 11.9 Å². The van der Waals surface area contributed by atoms with Gasteiger partial charge in [-0.15, -0.1) is 5.10 Å². The highest BCUT2D eigenvalue weighted by Gasteiger charge is 2.32. The van der Waals surface area contributed by atoms with Crippen LogP contribution in [0, 0.1) is 6.07 Å². The number of hydrogen-bond acceptors (Lipinski definition) is 2. The molecule has 1 heterocycles. The Hall–Kier alpha value is -1.13. The van der Waals surface area contributed by atoms with E-state index in [1.165, 1.54) is 0 Å². The minimum atomic E-state index is -4.44. The third-order valence-corrected chi connectivity index (χ3v) is 0.787. The molecule has 0 aliphatic rings. The molecule has 10 heavy (non-hydrogen) atoms. The number of halogens is 3. The Morgan fingerprint density at radius 2 is 2.10 bits per heavy atom. The van der Waals surface area contributed by atoms with Crippen LogP contribution in [0.4, 0.5) is 13.2 Å². The molecule has 1 rings (SSSR count). The molecule has 53 valence electrons. The van der Waals surface area contributed by atoms with Crippen molar-refractivity contribution in [3.05, 3.63) is 24.0 Å². The lowest BCUT2D eigenvalue weighted by atomic mass is 10.4. The van der Waals surface area contributed by atoms with Crippen molar-refractivity contribution < 1.29 is 13.2 Å². The standard InChI is InChI=1S/C5H2F3N2/c6-5(7,8)4-2-1-3-9-10-4/h1,3H. The van der Waals surface area contributed by atoms with Gasteiger partial charge in [-0.2, -0.15) is 18.3 Å². The molecule has 0 saturated heterocycles. The van der Waals surface area contributed by atoms with Crippen molar-refractivity contribution in [1.82, 2.24) is 10.2 Å². The van der Waals surface area contributed by atoms with Crippen LogP contribution in [-0.4, -0.2) is 10.2 Å². The van der Waals surface area contributed by atoms with Crippen molar-refractivity contribution in [2.45, 2.75) is 6.18 Å². The van der Waals surface area contributed by atoms with Crippen LogP contribution in [0.2, 0.25) is 0 Å². The molecule has 0 spiro atoms. The van der Waals surface area contributed by atoms with Gasteiger partial charge in [0, 0.05) is 6.07 Å². The van der Waals surface area contributed by atoms with Gasteiger partial charge in [0.05, 0.1) is 6.20 Å². The van der Waals surface area contributed by atoms with Crippen molar-refractivity contribution in [3.8, 4) is 0 Å². The van der Waals surface area contributed by atoms with Crippen LogP contribution in [0.3, 0.4) is 0 Å². The second-order valence-electron chi connectivity index (χ2n) is 1.52. The van der Waals surface area contributed by atoms with Crippen LogP contribution in [0.5, 0.6) is 0 Å². The fraction of sp³-hybridized carbons (Fsp3) is 0.200. The summed E-state index contributed by atoms with van der Waals surface area (Å²) in [5, 5.41) is 5.87. The predicted octanol–water partition coefficient (Wildman–Crippen LogP) is 1.30. The maximum absolute atomic E-state index is 11.7. The van der Waals surface area contributed by atoms with Crippen LogP contribution in [0.1, 0.15) is 5.69 Å². The van der Waals surface area contributed by atoms with E-state index >= 15 is 0 Å². The zero-order valence-corrected chi connectivity index (χ0v) is 4.68. The molecule has 0 unspecified atom stereocenters. The van der Waals surface area contributed by atoms with Crippen molar-refractivity contribution in [2.24, 2.45) is 0 Å². The highest BCUT2D eigenvalue weighted by molar-refractivity contribution is 5.00. The first-order chi connectivity index (χ1) is 4.61. The van der Waals surface area contributed by atoms with Crippen molar-refractivity contribution in [2.75, 3.05) is 0 Å². The lowest BCUT2D eigenvalue weighted by molar-refractivity contribution is -0.142. The Labute approximate surface area is 54.7 Å². The maximum Gasteiger partial charge on any atom is 0.435 e. The summed E-state index contributed by atoms with van der Waals surface area (Å²) in [7, 11) is 0. The van der Waals surface area contributed by atoms with Gasteiger partial charge in [-0.05, 0) is 6.07 Å². The highest BCUT2D eigenvalue weighted by atomic mass is 19.4. The van der Waals surface area contributed by atoms with Gasteiger partial charge in [0.25, 0.3) is 0 Å². The fourth-order valence-electron chi connectivity index (χ4n) is 0.408. The summed E-state index contributed by atoms with van der Waals surface area (Å²) in [6.45, 7) is 0. The summed E-state index contributed by atoms with van der Waals surface area (Å²) in [6, 6.07) is 2.98. The topological polar surface area (TPSA) is 25.8 Å². The smallest absolute Gasteiger partial charge is 0.164 e. The number of aromatic nitrogens is 2. The number of nitrogens with zero attached hydrogens (tertiary/aromatic N) is 2. The van der Waals surface area contributed by atoms with Gasteiger partial charge < -0.3 is 0 Å².